The Morgan fingerprint density at radius 3 is 2.28 bits per heavy atom. The minimum atomic E-state index is -0.429. The molecule has 1 amide bonds. The summed E-state index contributed by atoms with van der Waals surface area (Å²) >= 11 is 0. The third kappa shape index (κ3) is 5.32. The van der Waals surface area contributed by atoms with E-state index in [9.17, 15) is 9.59 Å². The number of ether oxygens (including phenoxy) is 2. The van der Waals surface area contributed by atoms with Gasteiger partial charge in [-0.3, -0.25) is 4.79 Å². The summed E-state index contributed by atoms with van der Waals surface area (Å²) < 4.78 is 10.1. The first-order valence-electron chi connectivity index (χ1n) is 9.04. The van der Waals surface area contributed by atoms with Gasteiger partial charge in [-0.05, 0) is 67.6 Å². The highest BCUT2D eigenvalue weighted by Crippen LogP contribution is 2.20. The second kappa shape index (κ2) is 9.36. The number of nitrogens with zero attached hydrogens (tertiary/aromatic N) is 1. The van der Waals surface area contributed by atoms with Crippen molar-refractivity contribution < 1.29 is 19.1 Å². The van der Waals surface area contributed by atoms with Gasteiger partial charge in [-0.15, -0.1) is 0 Å². The molecule has 2 N–H and O–H groups in total. The normalized spacial score (nSPS) is 10.1. The molecule has 2 aromatic carbocycles. The zero-order chi connectivity index (χ0) is 20.6. The van der Waals surface area contributed by atoms with Crippen LogP contribution in [0, 0.1) is 0 Å². The van der Waals surface area contributed by atoms with Crippen LogP contribution in [0.3, 0.4) is 0 Å². The number of pyridine rings is 1. The first-order valence-corrected chi connectivity index (χ1v) is 9.04. The summed E-state index contributed by atoms with van der Waals surface area (Å²) in [6.45, 7) is 2.54. The van der Waals surface area contributed by atoms with Gasteiger partial charge in [0.05, 0.1) is 19.3 Å². The van der Waals surface area contributed by atoms with Crippen molar-refractivity contribution in [1.29, 1.82) is 0 Å². The molecule has 0 aliphatic carbocycles. The van der Waals surface area contributed by atoms with E-state index < -0.39 is 5.97 Å². The van der Waals surface area contributed by atoms with E-state index in [-0.39, 0.29) is 5.91 Å². The second-order valence-corrected chi connectivity index (χ2v) is 6.04. The molecule has 0 unspecified atom stereocenters. The Kier molecular flexibility index (Phi) is 6.42. The number of carbonyl (C=O) groups excluding carboxylic acids is 2. The molecule has 7 nitrogen and oxygen atoms in total. The minimum absolute atomic E-state index is 0.284. The standard InChI is InChI=1S/C22H21N3O4/c1-3-29-19-10-8-17(9-11-19)24-20-14-16(12-13-23-20)21(26)25-18-6-4-15(5-7-18)22(27)28-2/h4-14H,3H2,1-2H3,(H,23,24)(H,25,26). The highest BCUT2D eigenvalue weighted by molar-refractivity contribution is 6.04. The van der Waals surface area contributed by atoms with Crippen molar-refractivity contribution in [1.82, 2.24) is 4.98 Å². The predicted octanol–water partition coefficient (Wildman–Crippen LogP) is 4.26. The number of nitrogens with one attached hydrogen (secondary N) is 2. The topological polar surface area (TPSA) is 89.6 Å². The number of carbonyl (C=O) groups is 2. The summed E-state index contributed by atoms with van der Waals surface area (Å²) in [6.07, 6.45) is 1.56. The molecule has 0 saturated carbocycles. The second-order valence-electron chi connectivity index (χ2n) is 6.04. The van der Waals surface area contributed by atoms with E-state index in [0.29, 0.717) is 29.2 Å². The van der Waals surface area contributed by atoms with Crippen molar-refractivity contribution in [2.75, 3.05) is 24.4 Å². The largest absolute Gasteiger partial charge is 0.494 e. The smallest absolute Gasteiger partial charge is 0.337 e. The van der Waals surface area contributed by atoms with Crippen molar-refractivity contribution in [2.24, 2.45) is 0 Å². The van der Waals surface area contributed by atoms with Gasteiger partial charge >= 0.3 is 5.97 Å². The lowest BCUT2D eigenvalue weighted by Crippen LogP contribution is -2.12. The SMILES string of the molecule is CCOc1ccc(Nc2cc(C(=O)Nc3ccc(C(=O)OC)cc3)ccn2)cc1. The van der Waals surface area contributed by atoms with Crippen molar-refractivity contribution in [3.63, 3.8) is 0 Å². The molecule has 0 aliphatic rings. The van der Waals surface area contributed by atoms with E-state index in [0.717, 1.165) is 11.4 Å². The summed E-state index contributed by atoms with van der Waals surface area (Å²) in [5.41, 5.74) is 2.26. The van der Waals surface area contributed by atoms with Gasteiger partial charge in [-0.2, -0.15) is 0 Å². The fourth-order valence-electron chi connectivity index (χ4n) is 2.60. The van der Waals surface area contributed by atoms with Crippen LogP contribution in [0.2, 0.25) is 0 Å². The number of amides is 1. The fraction of sp³-hybridized carbons (Fsp3) is 0.136. The lowest BCUT2D eigenvalue weighted by molar-refractivity contribution is 0.0600. The van der Waals surface area contributed by atoms with Crippen molar-refractivity contribution in [2.45, 2.75) is 6.92 Å². The molecule has 7 heteroatoms. The summed E-state index contributed by atoms with van der Waals surface area (Å²) in [5.74, 6) is 0.621. The molecule has 0 atom stereocenters. The van der Waals surface area contributed by atoms with E-state index >= 15 is 0 Å². The van der Waals surface area contributed by atoms with Gasteiger partial charge in [-0.1, -0.05) is 0 Å². The van der Waals surface area contributed by atoms with E-state index in [4.69, 9.17) is 4.74 Å². The number of benzene rings is 2. The maximum absolute atomic E-state index is 12.5. The molecular formula is C22H21N3O4. The molecule has 3 aromatic rings. The summed E-state index contributed by atoms with van der Waals surface area (Å²) in [6, 6.07) is 17.2. The lowest BCUT2D eigenvalue weighted by atomic mass is 10.2. The maximum Gasteiger partial charge on any atom is 0.337 e. The Morgan fingerprint density at radius 2 is 1.62 bits per heavy atom. The molecule has 0 bridgehead atoms. The molecule has 0 radical (unpaired) electrons. The number of hydrogen-bond acceptors (Lipinski definition) is 6. The lowest BCUT2D eigenvalue weighted by Gasteiger charge is -2.09. The maximum atomic E-state index is 12.5. The number of aromatic nitrogens is 1. The molecule has 0 spiro atoms. The molecule has 29 heavy (non-hydrogen) atoms. The number of rotatable bonds is 7. The number of anilines is 3. The highest BCUT2D eigenvalue weighted by Gasteiger charge is 2.09. The van der Waals surface area contributed by atoms with E-state index in [1.54, 1.807) is 42.6 Å². The van der Waals surface area contributed by atoms with E-state index in [2.05, 4.69) is 20.4 Å². The van der Waals surface area contributed by atoms with Crippen LogP contribution >= 0.6 is 0 Å². The average Bonchev–Trinajstić information content (AvgIpc) is 2.75. The van der Waals surface area contributed by atoms with Gasteiger partial charge < -0.3 is 20.1 Å². The molecular weight excluding hydrogens is 370 g/mol. The third-order valence-corrected chi connectivity index (χ3v) is 4.02. The zero-order valence-electron chi connectivity index (χ0n) is 16.1. The Morgan fingerprint density at radius 1 is 0.931 bits per heavy atom. The Balaban J connectivity index is 1.66. The van der Waals surface area contributed by atoms with Gasteiger partial charge in [0.15, 0.2) is 0 Å². The highest BCUT2D eigenvalue weighted by atomic mass is 16.5. The minimum Gasteiger partial charge on any atom is -0.494 e. The predicted molar refractivity (Wildman–Crippen MR) is 111 cm³/mol. The molecule has 3 rings (SSSR count). The van der Waals surface area contributed by atoms with Crippen LogP contribution in [-0.2, 0) is 4.74 Å². The van der Waals surface area contributed by atoms with Crippen LogP contribution in [0.1, 0.15) is 27.6 Å². The number of hydrogen-bond donors (Lipinski definition) is 2. The third-order valence-electron chi connectivity index (χ3n) is 4.02. The monoisotopic (exact) mass is 391 g/mol. The fourth-order valence-corrected chi connectivity index (χ4v) is 2.60. The quantitative estimate of drug-likeness (QED) is 0.585. The van der Waals surface area contributed by atoms with Crippen molar-refractivity contribution in [3.8, 4) is 5.75 Å². The van der Waals surface area contributed by atoms with Crippen molar-refractivity contribution >= 4 is 29.1 Å². The molecule has 1 heterocycles. The zero-order valence-corrected chi connectivity index (χ0v) is 16.1. The van der Waals surface area contributed by atoms with Crippen molar-refractivity contribution in [3.05, 3.63) is 78.0 Å². The first-order chi connectivity index (χ1) is 14.1. The molecule has 0 aliphatic heterocycles. The average molecular weight is 391 g/mol. The molecule has 0 saturated heterocycles. The van der Waals surface area contributed by atoms with Gasteiger partial charge in [0.25, 0.3) is 5.91 Å². The van der Waals surface area contributed by atoms with Gasteiger partial charge in [0, 0.05) is 23.1 Å². The number of methoxy groups -OCH3 is 1. The van der Waals surface area contributed by atoms with Gasteiger partial charge in [0.1, 0.15) is 11.6 Å². The molecule has 1 aromatic heterocycles. The first kappa shape index (κ1) is 19.9. The Bertz CT molecular complexity index is 986. The van der Waals surface area contributed by atoms with E-state index in [1.807, 2.05) is 31.2 Å². The molecule has 0 fully saturated rings. The van der Waals surface area contributed by atoms with Crippen LogP contribution in [0.15, 0.2) is 66.9 Å². The Hall–Kier alpha value is -3.87. The van der Waals surface area contributed by atoms with Crippen LogP contribution < -0.4 is 15.4 Å². The summed E-state index contributed by atoms with van der Waals surface area (Å²) in [5, 5.41) is 5.95. The van der Waals surface area contributed by atoms with Crippen LogP contribution in [0.5, 0.6) is 5.75 Å². The van der Waals surface area contributed by atoms with Crippen LogP contribution in [0.25, 0.3) is 0 Å². The summed E-state index contributed by atoms with van der Waals surface area (Å²) in [4.78, 5) is 28.3. The number of esters is 1. The van der Waals surface area contributed by atoms with Crippen LogP contribution in [-0.4, -0.2) is 30.6 Å². The Labute approximate surface area is 168 Å². The van der Waals surface area contributed by atoms with Gasteiger partial charge in [-0.25, -0.2) is 9.78 Å². The molecule has 148 valence electrons. The van der Waals surface area contributed by atoms with E-state index in [1.165, 1.54) is 7.11 Å². The van der Waals surface area contributed by atoms with Crippen LogP contribution in [0.4, 0.5) is 17.2 Å². The van der Waals surface area contributed by atoms with Gasteiger partial charge in [0.2, 0.25) is 0 Å². The summed E-state index contributed by atoms with van der Waals surface area (Å²) in [7, 11) is 1.32.